The maximum Gasteiger partial charge on any atom is 0.335 e. The molecule has 0 aliphatic rings. The van der Waals surface area contributed by atoms with Gasteiger partial charge in [0.1, 0.15) is 20.2 Å². The summed E-state index contributed by atoms with van der Waals surface area (Å²) < 4.78 is 19.2. The molecule has 100 valence electrons. The first-order chi connectivity index (χ1) is 8.22. The molecule has 17 heavy (non-hydrogen) atoms. The van der Waals surface area contributed by atoms with Gasteiger partial charge in [-0.05, 0) is 0 Å². The SMILES string of the molecule is C=C(COCOCOCCO)C(=O)OCCO. The van der Waals surface area contributed by atoms with E-state index in [9.17, 15) is 4.79 Å². The maximum atomic E-state index is 11.1. The largest absolute Gasteiger partial charge is 0.460 e. The van der Waals surface area contributed by atoms with Crippen LogP contribution in [-0.4, -0.2) is 62.8 Å². The minimum atomic E-state index is -0.615. The summed E-state index contributed by atoms with van der Waals surface area (Å²) in [4.78, 5) is 11.1. The lowest BCUT2D eigenvalue weighted by Gasteiger charge is -2.07. The van der Waals surface area contributed by atoms with Crippen LogP contribution < -0.4 is 0 Å². The summed E-state index contributed by atoms with van der Waals surface area (Å²) in [6.45, 7) is 3.20. The maximum absolute atomic E-state index is 11.1. The Morgan fingerprint density at radius 3 is 2.29 bits per heavy atom. The van der Waals surface area contributed by atoms with Gasteiger partial charge in [0.15, 0.2) is 0 Å². The van der Waals surface area contributed by atoms with Crippen LogP contribution in [0.15, 0.2) is 12.2 Å². The summed E-state index contributed by atoms with van der Waals surface area (Å²) in [5.41, 5.74) is 0.137. The monoisotopic (exact) mass is 250 g/mol. The summed E-state index contributed by atoms with van der Waals surface area (Å²) in [7, 11) is 0. The predicted molar refractivity (Wildman–Crippen MR) is 57.0 cm³/mol. The zero-order chi connectivity index (χ0) is 12.9. The molecule has 0 radical (unpaired) electrons. The summed E-state index contributed by atoms with van der Waals surface area (Å²) in [6, 6.07) is 0. The second-order valence-electron chi connectivity index (χ2n) is 2.88. The number of esters is 1. The van der Waals surface area contributed by atoms with E-state index in [2.05, 4.69) is 11.3 Å². The molecule has 0 saturated carbocycles. The molecule has 7 heteroatoms. The average Bonchev–Trinajstić information content (AvgIpc) is 2.34. The molecule has 0 rings (SSSR count). The van der Waals surface area contributed by atoms with Gasteiger partial charge in [0, 0.05) is 0 Å². The van der Waals surface area contributed by atoms with Crippen molar-refractivity contribution in [3.05, 3.63) is 12.2 Å². The molecule has 0 aromatic carbocycles. The lowest BCUT2D eigenvalue weighted by atomic mass is 10.3. The van der Waals surface area contributed by atoms with Crippen LogP contribution in [0.2, 0.25) is 0 Å². The van der Waals surface area contributed by atoms with Gasteiger partial charge in [-0.25, -0.2) is 4.79 Å². The highest BCUT2D eigenvalue weighted by atomic mass is 16.7. The van der Waals surface area contributed by atoms with Gasteiger partial charge in [-0.3, -0.25) is 0 Å². The van der Waals surface area contributed by atoms with Crippen LogP contribution in [0.4, 0.5) is 0 Å². The Balaban J connectivity index is 3.35. The van der Waals surface area contributed by atoms with E-state index in [4.69, 9.17) is 24.4 Å². The predicted octanol–water partition coefficient (Wildman–Crippen LogP) is -0.965. The molecule has 0 heterocycles. The van der Waals surface area contributed by atoms with Gasteiger partial charge in [0.2, 0.25) is 0 Å². The van der Waals surface area contributed by atoms with Crippen molar-refractivity contribution in [3.63, 3.8) is 0 Å². The Kier molecular flexibility index (Phi) is 10.8. The van der Waals surface area contributed by atoms with Gasteiger partial charge in [0.25, 0.3) is 0 Å². The quantitative estimate of drug-likeness (QED) is 0.211. The number of hydrogen-bond donors (Lipinski definition) is 2. The molecular weight excluding hydrogens is 232 g/mol. The van der Waals surface area contributed by atoms with Gasteiger partial charge < -0.3 is 29.2 Å². The van der Waals surface area contributed by atoms with Crippen LogP contribution in [0.5, 0.6) is 0 Å². The number of aliphatic hydroxyl groups excluding tert-OH is 2. The van der Waals surface area contributed by atoms with Crippen LogP contribution in [0.1, 0.15) is 0 Å². The van der Waals surface area contributed by atoms with Gasteiger partial charge in [0.05, 0.1) is 32.0 Å². The molecule has 2 N–H and O–H groups in total. The topological polar surface area (TPSA) is 94.5 Å². The Hall–Kier alpha value is -0.990. The second-order valence-corrected chi connectivity index (χ2v) is 2.88. The molecule has 0 aliphatic carbocycles. The van der Waals surface area contributed by atoms with Crippen LogP contribution in [-0.2, 0) is 23.7 Å². The average molecular weight is 250 g/mol. The number of carbonyl (C=O) groups excluding carboxylic acids is 1. The molecule has 0 spiro atoms. The van der Waals surface area contributed by atoms with Crippen molar-refractivity contribution in [2.24, 2.45) is 0 Å². The summed E-state index contributed by atoms with van der Waals surface area (Å²) in [5, 5.41) is 16.8. The zero-order valence-electron chi connectivity index (χ0n) is 9.59. The summed E-state index contributed by atoms with van der Waals surface area (Å²) >= 11 is 0. The van der Waals surface area contributed by atoms with Crippen molar-refractivity contribution in [3.8, 4) is 0 Å². The number of ether oxygens (including phenoxy) is 4. The third-order valence-corrected chi connectivity index (χ3v) is 1.46. The third kappa shape index (κ3) is 9.91. The van der Waals surface area contributed by atoms with E-state index in [1.165, 1.54) is 0 Å². The number of carbonyl (C=O) groups is 1. The van der Waals surface area contributed by atoms with Gasteiger partial charge in [-0.2, -0.15) is 0 Å². The van der Waals surface area contributed by atoms with Crippen LogP contribution >= 0.6 is 0 Å². The third-order valence-electron chi connectivity index (χ3n) is 1.46. The molecule has 0 fully saturated rings. The Bertz CT molecular complexity index is 217. The van der Waals surface area contributed by atoms with Crippen molar-refractivity contribution in [2.75, 3.05) is 46.6 Å². The van der Waals surface area contributed by atoms with Crippen LogP contribution in [0, 0.1) is 0 Å². The van der Waals surface area contributed by atoms with Crippen molar-refractivity contribution in [2.45, 2.75) is 0 Å². The van der Waals surface area contributed by atoms with Crippen molar-refractivity contribution in [1.29, 1.82) is 0 Å². The Morgan fingerprint density at radius 1 is 1.00 bits per heavy atom. The van der Waals surface area contributed by atoms with E-state index in [-0.39, 0.29) is 52.2 Å². The first kappa shape index (κ1) is 16.0. The number of rotatable bonds is 11. The van der Waals surface area contributed by atoms with Gasteiger partial charge in [-0.1, -0.05) is 6.58 Å². The normalized spacial score (nSPS) is 10.2. The van der Waals surface area contributed by atoms with Gasteiger partial charge in [-0.15, -0.1) is 0 Å². The highest BCUT2D eigenvalue weighted by Gasteiger charge is 2.07. The fourth-order valence-corrected chi connectivity index (χ4v) is 0.740. The number of hydrogen-bond acceptors (Lipinski definition) is 7. The lowest BCUT2D eigenvalue weighted by Crippen LogP contribution is -2.15. The first-order valence-corrected chi connectivity index (χ1v) is 5.02. The molecule has 7 nitrogen and oxygen atoms in total. The zero-order valence-corrected chi connectivity index (χ0v) is 9.59. The van der Waals surface area contributed by atoms with E-state index >= 15 is 0 Å². The van der Waals surface area contributed by atoms with E-state index < -0.39 is 5.97 Å². The first-order valence-electron chi connectivity index (χ1n) is 5.02. The van der Waals surface area contributed by atoms with E-state index in [1.807, 2.05) is 0 Å². The Labute approximate surface area is 99.5 Å². The highest BCUT2D eigenvalue weighted by molar-refractivity contribution is 5.87. The Morgan fingerprint density at radius 2 is 1.65 bits per heavy atom. The molecule has 0 unspecified atom stereocenters. The summed E-state index contributed by atoms with van der Waals surface area (Å²) in [6.07, 6.45) is 0. The molecule has 0 aromatic heterocycles. The molecule has 0 aliphatic heterocycles. The van der Waals surface area contributed by atoms with Crippen molar-refractivity contribution < 1.29 is 34.0 Å². The van der Waals surface area contributed by atoms with E-state index in [0.717, 1.165) is 0 Å². The standard InChI is InChI=1S/C10H18O7/c1-9(10(13)17-5-3-12)6-15-8-16-7-14-4-2-11/h11-12H,1-8H2. The molecule has 0 aromatic rings. The molecule has 0 saturated heterocycles. The minimum absolute atomic E-state index is 0.00198. The molecule has 0 bridgehead atoms. The van der Waals surface area contributed by atoms with E-state index in [0.29, 0.717) is 0 Å². The smallest absolute Gasteiger partial charge is 0.335 e. The van der Waals surface area contributed by atoms with Crippen molar-refractivity contribution in [1.82, 2.24) is 0 Å². The van der Waals surface area contributed by atoms with Crippen molar-refractivity contribution >= 4 is 5.97 Å². The fraction of sp³-hybridized carbons (Fsp3) is 0.700. The summed E-state index contributed by atoms with van der Waals surface area (Å²) in [5.74, 6) is -0.615. The minimum Gasteiger partial charge on any atom is -0.460 e. The van der Waals surface area contributed by atoms with Crippen LogP contribution in [0.3, 0.4) is 0 Å². The van der Waals surface area contributed by atoms with Crippen LogP contribution in [0.25, 0.3) is 0 Å². The molecule has 0 atom stereocenters. The van der Waals surface area contributed by atoms with Gasteiger partial charge >= 0.3 is 5.97 Å². The number of aliphatic hydroxyl groups is 2. The van der Waals surface area contributed by atoms with E-state index in [1.54, 1.807) is 0 Å². The molecule has 0 amide bonds. The highest BCUT2D eigenvalue weighted by Crippen LogP contribution is 1.96. The lowest BCUT2D eigenvalue weighted by molar-refractivity contribution is -0.144. The fourth-order valence-electron chi connectivity index (χ4n) is 0.740. The second kappa shape index (κ2) is 11.5. The molecular formula is C10H18O7.